The average molecular weight is 601 g/mol. The van der Waals surface area contributed by atoms with E-state index in [1.807, 2.05) is 52.0 Å². The number of nitrogens with zero attached hydrogens (tertiary/aromatic N) is 2. The number of benzene rings is 3. The highest BCUT2D eigenvalue weighted by Gasteiger charge is 2.33. The van der Waals surface area contributed by atoms with Gasteiger partial charge in [0.1, 0.15) is 12.6 Å². The van der Waals surface area contributed by atoms with Gasteiger partial charge in [-0.05, 0) is 70.5 Å². The van der Waals surface area contributed by atoms with E-state index in [4.69, 9.17) is 0 Å². The van der Waals surface area contributed by atoms with Crippen LogP contribution in [0.15, 0.2) is 88.2 Å². The maximum absolute atomic E-state index is 13.9. The topological polar surface area (TPSA) is 86.8 Å². The van der Waals surface area contributed by atoms with Crippen LogP contribution in [0.4, 0.5) is 5.69 Å². The predicted octanol–water partition coefficient (Wildman–Crippen LogP) is 5.28. The van der Waals surface area contributed by atoms with Gasteiger partial charge >= 0.3 is 0 Å². The third-order valence-corrected chi connectivity index (χ3v) is 8.13. The Labute approximate surface area is 234 Å². The van der Waals surface area contributed by atoms with E-state index in [2.05, 4.69) is 21.2 Å². The minimum Gasteiger partial charge on any atom is -0.350 e. The molecule has 0 aliphatic heterocycles. The fraction of sp³-hybridized carbons (Fsp3) is 0.310. The maximum Gasteiger partial charge on any atom is 0.264 e. The van der Waals surface area contributed by atoms with Crippen molar-refractivity contribution in [3.63, 3.8) is 0 Å². The number of nitrogens with one attached hydrogen (secondary N) is 1. The van der Waals surface area contributed by atoms with Gasteiger partial charge in [-0.15, -0.1) is 0 Å². The number of hydrogen-bond acceptors (Lipinski definition) is 4. The predicted molar refractivity (Wildman–Crippen MR) is 154 cm³/mol. The molecule has 0 spiro atoms. The van der Waals surface area contributed by atoms with Crippen LogP contribution in [0.1, 0.15) is 38.8 Å². The maximum atomic E-state index is 13.9. The molecule has 0 aromatic heterocycles. The van der Waals surface area contributed by atoms with Crippen LogP contribution < -0.4 is 9.62 Å². The van der Waals surface area contributed by atoms with Gasteiger partial charge in [0.15, 0.2) is 0 Å². The van der Waals surface area contributed by atoms with Gasteiger partial charge in [-0.3, -0.25) is 13.9 Å². The van der Waals surface area contributed by atoms with Crippen molar-refractivity contribution in [2.75, 3.05) is 10.8 Å². The number of carbonyl (C=O) groups excluding carboxylic acids is 2. The molecule has 0 bridgehead atoms. The van der Waals surface area contributed by atoms with E-state index < -0.39 is 34.1 Å². The molecule has 3 rings (SSSR count). The zero-order valence-electron chi connectivity index (χ0n) is 22.3. The van der Waals surface area contributed by atoms with Crippen molar-refractivity contribution in [2.45, 2.75) is 57.6 Å². The number of rotatable bonds is 9. The average Bonchev–Trinajstić information content (AvgIpc) is 2.85. The van der Waals surface area contributed by atoms with Gasteiger partial charge in [0.2, 0.25) is 11.8 Å². The largest absolute Gasteiger partial charge is 0.350 e. The molecule has 202 valence electrons. The Kier molecular flexibility index (Phi) is 9.38. The van der Waals surface area contributed by atoms with Crippen LogP contribution in [0.2, 0.25) is 0 Å². The molecule has 0 heterocycles. The standard InChI is InChI=1S/C29H34BrN3O4S/c1-21-14-16-23(17-15-21)19-32(22(2)28(35)31-29(3,4)5)27(34)20-33(25-11-9-10-24(30)18-25)38(36,37)26-12-7-6-8-13-26/h6-18,22H,19-20H2,1-5H3,(H,31,35)/t22-/m0/s1. The Balaban J connectivity index is 2.02. The second-order valence-corrected chi connectivity index (χ2v) is 13.0. The molecule has 3 aromatic rings. The van der Waals surface area contributed by atoms with Crippen LogP contribution >= 0.6 is 15.9 Å². The molecule has 7 nitrogen and oxygen atoms in total. The van der Waals surface area contributed by atoms with Crippen LogP contribution in [-0.2, 0) is 26.2 Å². The number of amides is 2. The first-order chi connectivity index (χ1) is 17.8. The second-order valence-electron chi connectivity index (χ2n) is 10.2. The Morgan fingerprint density at radius 3 is 2.16 bits per heavy atom. The smallest absolute Gasteiger partial charge is 0.264 e. The lowest BCUT2D eigenvalue weighted by Gasteiger charge is -2.33. The van der Waals surface area contributed by atoms with E-state index in [1.165, 1.54) is 17.0 Å². The molecule has 1 N–H and O–H groups in total. The third kappa shape index (κ3) is 7.68. The Morgan fingerprint density at radius 1 is 0.947 bits per heavy atom. The molecule has 0 radical (unpaired) electrons. The van der Waals surface area contributed by atoms with Crippen molar-refractivity contribution < 1.29 is 18.0 Å². The van der Waals surface area contributed by atoms with Crippen molar-refractivity contribution in [1.82, 2.24) is 10.2 Å². The summed E-state index contributed by atoms with van der Waals surface area (Å²) in [5.41, 5.74) is 1.74. The molecule has 0 saturated carbocycles. The van der Waals surface area contributed by atoms with Gasteiger partial charge in [0, 0.05) is 16.6 Å². The summed E-state index contributed by atoms with van der Waals surface area (Å²) in [6.45, 7) is 8.89. The molecule has 38 heavy (non-hydrogen) atoms. The molecular weight excluding hydrogens is 566 g/mol. The highest BCUT2D eigenvalue weighted by Crippen LogP contribution is 2.27. The number of carbonyl (C=O) groups is 2. The monoisotopic (exact) mass is 599 g/mol. The quantitative estimate of drug-likeness (QED) is 0.362. The molecule has 3 aromatic carbocycles. The fourth-order valence-electron chi connectivity index (χ4n) is 3.83. The van der Waals surface area contributed by atoms with Crippen molar-refractivity contribution in [2.24, 2.45) is 0 Å². The number of anilines is 1. The third-order valence-electron chi connectivity index (χ3n) is 5.85. The SMILES string of the molecule is Cc1ccc(CN(C(=O)CN(c2cccc(Br)c2)S(=O)(=O)c2ccccc2)[C@@H](C)C(=O)NC(C)(C)C)cc1. The van der Waals surface area contributed by atoms with Crippen LogP contribution in [0.5, 0.6) is 0 Å². The Bertz CT molecular complexity index is 1370. The van der Waals surface area contributed by atoms with E-state index in [-0.39, 0.29) is 17.3 Å². The van der Waals surface area contributed by atoms with Gasteiger partial charge in [-0.1, -0.05) is 70.0 Å². The van der Waals surface area contributed by atoms with Gasteiger partial charge < -0.3 is 10.2 Å². The highest BCUT2D eigenvalue weighted by atomic mass is 79.9. The van der Waals surface area contributed by atoms with E-state index in [1.54, 1.807) is 49.4 Å². The summed E-state index contributed by atoms with van der Waals surface area (Å²) in [6.07, 6.45) is 0. The molecule has 0 fully saturated rings. The molecule has 0 unspecified atom stereocenters. The number of halogens is 1. The first kappa shape index (κ1) is 29.4. The number of hydrogen-bond donors (Lipinski definition) is 1. The highest BCUT2D eigenvalue weighted by molar-refractivity contribution is 9.10. The summed E-state index contributed by atoms with van der Waals surface area (Å²) >= 11 is 3.40. The molecule has 1 atom stereocenters. The van der Waals surface area contributed by atoms with Crippen molar-refractivity contribution in [1.29, 1.82) is 0 Å². The molecular formula is C29H34BrN3O4S. The Hall–Kier alpha value is -3.17. The van der Waals surface area contributed by atoms with Crippen LogP contribution in [0, 0.1) is 6.92 Å². The summed E-state index contributed by atoms with van der Waals surface area (Å²) in [6, 6.07) is 21.6. The lowest BCUT2D eigenvalue weighted by atomic mass is 10.1. The van der Waals surface area contributed by atoms with E-state index in [0.717, 1.165) is 15.4 Å². The van der Waals surface area contributed by atoms with Crippen molar-refractivity contribution >= 4 is 43.5 Å². The Morgan fingerprint density at radius 2 is 1.58 bits per heavy atom. The summed E-state index contributed by atoms with van der Waals surface area (Å²) in [7, 11) is -4.09. The van der Waals surface area contributed by atoms with Crippen molar-refractivity contribution in [3.05, 3.63) is 94.5 Å². The van der Waals surface area contributed by atoms with Crippen molar-refractivity contribution in [3.8, 4) is 0 Å². The molecule has 2 amide bonds. The zero-order chi connectivity index (χ0) is 28.1. The molecule has 0 saturated heterocycles. The summed E-state index contributed by atoms with van der Waals surface area (Å²) in [5.74, 6) is -0.820. The molecule has 0 aliphatic rings. The summed E-state index contributed by atoms with van der Waals surface area (Å²) in [5, 5.41) is 2.93. The lowest BCUT2D eigenvalue weighted by molar-refractivity contribution is -0.140. The first-order valence-corrected chi connectivity index (χ1v) is 14.5. The minimum absolute atomic E-state index is 0.0661. The van der Waals surface area contributed by atoms with Crippen LogP contribution in [0.25, 0.3) is 0 Å². The number of aryl methyl sites for hydroxylation is 1. The van der Waals surface area contributed by atoms with Crippen LogP contribution in [0.3, 0.4) is 0 Å². The summed E-state index contributed by atoms with van der Waals surface area (Å²) in [4.78, 5) is 28.5. The van der Waals surface area contributed by atoms with Gasteiger partial charge in [0.05, 0.1) is 10.6 Å². The molecule has 0 aliphatic carbocycles. The second kappa shape index (κ2) is 12.1. The van der Waals surface area contributed by atoms with Gasteiger partial charge in [-0.2, -0.15) is 0 Å². The van der Waals surface area contributed by atoms with Crippen LogP contribution in [-0.4, -0.2) is 43.3 Å². The molecule has 9 heteroatoms. The van der Waals surface area contributed by atoms with E-state index >= 15 is 0 Å². The fourth-order valence-corrected chi connectivity index (χ4v) is 5.64. The van der Waals surface area contributed by atoms with E-state index in [0.29, 0.717) is 10.2 Å². The normalized spacial score (nSPS) is 12.5. The summed E-state index contributed by atoms with van der Waals surface area (Å²) < 4.78 is 29.3. The zero-order valence-corrected chi connectivity index (χ0v) is 24.7. The minimum atomic E-state index is -4.09. The van der Waals surface area contributed by atoms with E-state index in [9.17, 15) is 18.0 Å². The first-order valence-electron chi connectivity index (χ1n) is 12.3. The van der Waals surface area contributed by atoms with Gasteiger partial charge in [0.25, 0.3) is 10.0 Å². The van der Waals surface area contributed by atoms with Gasteiger partial charge in [-0.25, -0.2) is 8.42 Å². The number of sulfonamides is 1. The lowest BCUT2D eigenvalue weighted by Crippen LogP contribution is -2.54.